The number of thioether (sulfide) groups is 1. The van der Waals surface area contributed by atoms with Crippen molar-refractivity contribution in [2.45, 2.75) is 19.0 Å². The van der Waals surface area contributed by atoms with Crippen LogP contribution in [-0.2, 0) is 25.3 Å². The van der Waals surface area contributed by atoms with Gasteiger partial charge in [-0.05, 0) is 42.8 Å². The van der Waals surface area contributed by atoms with E-state index in [2.05, 4.69) is 10.6 Å². The third-order valence-corrected chi connectivity index (χ3v) is 6.73. The molecule has 0 fully saturated rings. The predicted molar refractivity (Wildman–Crippen MR) is 134 cm³/mol. The number of hydrogen-bond acceptors (Lipinski definition) is 7. The molecule has 3 rings (SSSR count). The number of alkyl halides is 3. The highest BCUT2D eigenvalue weighted by molar-refractivity contribution is 8.03. The molecule has 0 radical (unpaired) electrons. The van der Waals surface area contributed by atoms with E-state index in [4.69, 9.17) is 21.1 Å². The number of amides is 2. The molecule has 0 saturated carbocycles. The molecule has 8 nitrogen and oxygen atoms in total. The van der Waals surface area contributed by atoms with E-state index >= 15 is 0 Å². The number of hydrogen-bond donors (Lipinski definition) is 2. The molecule has 2 atom stereocenters. The highest BCUT2D eigenvalue weighted by Gasteiger charge is 2.44. The minimum absolute atomic E-state index is 0.0166. The number of carbonyl (C=O) groups excluding carboxylic acids is 3. The van der Waals surface area contributed by atoms with E-state index in [1.807, 2.05) is 6.07 Å². The number of esters is 1. The quantitative estimate of drug-likeness (QED) is 0.345. The first kappa shape index (κ1) is 28.9. The highest BCUT2D eigenvalue weighted by Crippen LogP contribution is 2.42. The van der Waals surface area contributed by atoms with Gasteiger partial charge in [-0.1, -0.05) is 35.5 Å². The van der Waals surface area contributed by atoms with Crippen molar-refractivity contribution < 1.29 is 37.0 Å². The van der Waals surface area contributed by atoms with Crippen LogP contribution in [0.5, 0.6) is 5.75 Å². The van der Waals surface area contributed by atoms with Crippen LogP contribution in [0.3, 0.4) is 0 Å². The van der Waals surface area contributed by atoms with Crippen LogP contribution in [0.1, 0.15) is 24.0 Å². The van der Waals surface area contributed by atoms with Crippen molar-refractivity contribution in [2.24, 2.45) is 5.92 Å². The Kier molecular flexibility index (Phi) is 9.30. The van der Waals surface area contributed by atoms with Crippen molar-refractivity contribution in [3.05, 3.63) is 69.2 Å². The molecule has 0 unspecified atom stereocenters. The molecule has 2 amide bonds. The Balaban J connectivity index is 1.90. The Bertz CT molecular complexity index is 1330. The first-order valence-corrected chi connectivity index (χ1v) is 12.4. The third kappa shape index (κ3) is 6.59. The van der Waals surface area contributed by atoms with Crippen molar-refractivity contribution in [2.75, 3.05) is 24.8 Å². The number of benzene rings is 2. The van der Waals surface area contributed by atoms with E-state index in [9.17, 15) is 32.8 Å². The van der Waals surface area contributed by atoms with Crippen LogP contribution < -0.4 is 15.4 Å². The highest BCUT2D eigenvalue weighted by atomic mass is 35.5. The van der Waals surface area contributed by atoms with E-state index in [0.29, 0.717) is 17.9 Å². The summed E-state index contributed by atoms with van der Waals surface area (Å²) in [5, 5.41) is 15.0. The van der Waals surface area contributed by atoms with Crippen LogP contribution in [0.25, 0.3) is 0 Å². The molecule has 0 aliphatic carbocycles. The predicted octanol–water partition coefficient (Wildman–Crippen LogP) is 4.87. The lowest BCUT2D eigenvalue weighted by Crippen LogP contribution is -2.44. The lowest BCUT2D eigenvalue weighted by atomic mass is 9.78. The number of nitrogens with one attached hydrogen (secondary N) is 2. The summed E-state index contributed by atoms with van der Waals surface area (Å²) in [6.07, 6.45) is -4.58. The zero-order chi connectivity index (χ0) is 28.0. The number of carbonyl (C=O) groups is 3. The molecular formula is C25H21ClF3N3O5S. The van der Waals surface area contributed by atoms with E-state index < -0.39 is 41.4 Å². The van der Waals surface area contributed by atoms with Gasteiger partial charge in [-0.2, -0.15) is 18.4 Å². The second kappa shape index (κ2) is 12.2. The number of nitrogens with zero attached hydrogens (tertiary/aromatic N) is 1. The van der Waals surface area contributed by atoms with Gasteiger partial charge in [-0.3, -0.25) is 14.4 Å². The fourth-order valence-electron chi connectivity index (χ4n) is 3.77. The van der Waals surface area contributed by atoms with E-state index in [-0.39, 0.29) is 27.1 Å². The van der Waals surface area contributed by atoms with Crippen LogP contribution in [-0.4, -0.2) is 37.3 Å². The standard InChI is InChI=1S/C25H21ClF3N3O5S/c1-3-37-18-8-7-13(9-17(18)26)20-16(11-30)23(32-22(34)21(20)24(35)36-2)38-12-19(33)31-15-6-4-5-14(10-15)25(27,28)29/h4-10,20-21H,3,12H2,1-2H3,(H,31,33)(H,32,34)/t20-,21+/m1/s1. The molecule has 0 saturated heterocycles. The number of rotatable bonds is 8. The van der Waals surface area contributed by atoms with Crippen LogP contribution in [0, 0.1) is 17.2 Å². The Labute approximate surface area is 225 Å². The van der Waals surface area contributed by atoms with Crippen LogP contribution in [0.2, 0.25) is 5.02 Å². The van der Waals surface area contributed by atoms with Gasteiger partial charge in [0.2, 0.25) is 11.8 Å². The van der Waals surface area contributed by atoms with Gasteiger partial charge >= 0.3 is 12.1 Å². The molecule has 1 aliphatic heterocycles. The second-order valence-corrected chi connectivity index (χ2v) is 9.25. The summed E-state index contributed by atoms with van der Waals surface area (Å²) < 4.78 is 49.1. The molecule has 1 heterocycles. The number of halogens is 4. The number of allylic oxidation sites excluding steroid dienone is 1. The molecule has 13 heteroatoms. The molecule has 1 aliphatic rings. The van der Waals surface area contributed by atoms with Crippen LogP contribution >= 0.6 is 23.4 Å². The lowest BCUT2D eigenvalue weighted by molar-refractivity contribution is -0.150. The first-order chi connectivity index (χ1) is 18.0. The van der Waals surface area contributed by atoms with Gasteiger partial charge in [0, 0.05) is 11.6 Å². The molecule has 0 bridgehead atoms. The fourth-order valence-corrected chi connectivity index (χ4v) is 4.86. The molecule has 2 N–H and O–H groups in total. The fraction of sp³-hybridized carbons (Fsp3) is 0.280. The molecule has 0 spiro atoms. The van der Waals surface area contributed by atoms with Gasteiger partial charge in [0.15, 0.2) is 0 Å². The summed E-state index contributed by atoms with van der Waals surface area (Å²) in [5.41, 5.74) is -0.646. The van der Waals surface area contributed by atoms with Gasteiger partial charge in [0.1, 0.15) is 11.7 Å². The van der Waals surface area contributed by atoms with Crippen molar-refractivity contribution in [1.82, 2.24) is 5.32 Å². The van der Waals surface area contributed by atoms with Crippen molar-refractivity contribution in [1.29, 1.82) is 5.26 Å². The number of nitriles is 1. The number of anilines is 1. The van der Waals surface area contributed by atoms with Crippen LogP contribution in [0.15, 0.2) is 53.1 Å². The Morgan fingerprint density at radius 1 is 1.24 bits per heavy atom. The zero-order valence-electron chi connectivity index (χ0n) is 20.0. The number of ether oxygens (including phenoxy) is 2. The summed E-state index contributed by atoms with van der Waals surface area (Å²) in [6.45, 7) is 2.12. The smallest absolute Gasteiger partial charge is 0.416 e. The normalized spacial score (nSPS) is 17.3. The third-order valence-electron chi connectivity index (χ3n) is 5.42. The molecular weight excluding hydrogens is 547 g/mol. The molecule has 0 aromatic heterocycles. The maximum Gasteiger partial charge on any atom is 0.416 e. The maximum atomic E-state index is 12.9. The molecule has 2 aromatic carbocycles. The SMILES string of the molecule is CCOc1ccc([C@@H]2C(C#N)=C(SCC(=O)Nc3cccc(C(F)(F)F)c3)NC(=O)[C@H]2C(=O)OC)cc1Cl. The summed E-state index contributed by atoms with van der Waals surface area (Å²) in [6, 6.07) is 10.7. The van der Waals surface area contributed by atoms with E-state index in [0.717, 1.165) is 37.1 Å². The molecule has 200 valence electrons. The first-order valence-electron chi connectivity index (χ1n) is 11.0. The monoisotopic (exact) mass is 567 g/mol. The summed E-state index contributed by atoms with van der Waals surface area (Å²) in [5.74, 6) is -4.78. The van der Waals surface area contributed by atoms with Crippen molar-refractivity contribution in [3.8, 4) is 11.8 Å². The summed E-state index contributed by atoms with van der Waals surface area (Å²) >= 11 is 7.09. The topological polar surface area (TPSA) is 118 Å². The Hall–Kier alpha value is -3.69. The average Bonchev–Trinajstić information content (AvgIpc) is 2.87. The van der Waals surface area contributed by atoms with Gasteiger partial charge in [0.25, 0.3) is 0 Å². The minimum Gasteiger partial charge on any atom is -0.492 e. The van der Waals surface area contributed by atoms with E-state index in [1.54, 1.807) is 19.1 Å². The van der Waals surface area contributed by atoms with Gasteiger partial charge in [0.05, 0.1) is 46.7 Å². The Morgan fingerprint density at radius 2 is 1.97 bits per heavy atom. The minimum atomic E-state index is -4.58. The maximum absolute atomic E-state index is 12.9. The van der Waals surface area contributed by atoms with E-state index in [1.165, 1.54) is 12.1 Å². The second-order valence-electron chi connectivity index (χ2n) is 7.86. The molecule has 38 heavy (non-hydrogen) atoms. The van der Waals surface area contributed by atoms with Gasteiger partial charge in [-0.15, -0.1) is 0 Å². The van der Waals surface area contributed by atoms with Crippen LogP contribution in [0.4, 0.5) is 18.9 Å². The zero-order valence-corrected chi connectivity index (χ0v) is 21.6. The Morgan fingerprint density at radius 3 is 2.58 bits per heavy atom. The average molecular weight is 568 g/mol. The van der Waals surface area contributed by atoms with Crippen molar-refractivity contribution in [3.63, 3.8) is 0 Å². The largest absolute Gasteiger partial charge is 0.492 e. The van der Waals surface area contributed by atoms with Gasteiger partial charge < -0.3 is 20.1 Å². The van der Waals surface area contributed by atoms with Gasteiger partial charge in [-0.25, -0.2) is 0 Å². The number of methoxy groups -OCH3 is 1. The summed E-state index contributed by atoms with van der Waals surface area (Å²) in [7, 11) is 1.11. The lowest BCUT2D eigenvalue weighted by Gasteiger charge is -2.31. The molecule has 2 aromatic rings. The van der Waals surface area contributed by atoms with Crippen molar-refractivity contribution >= 4 is 46.8 Å². The summed E-state index contributed by atoms with van der Waals surface area (Å²) in [4.78, 5) is 37.9.